The number of halogens is 3. The van der Waals surface area contributed by atoms with E-state index in [1.165, 1.54) is 29.1 Å². The first-order valence-corrected chi connectivity index (χ1v) is 18.4. The number of hydrogen-bond acceptors (Lipinski definition) is 7. The molecule has 2 N–H and O–H groups in total. The van der Waals surface area contributed by atoms with E-state index in [2.05, 4.69) is 37.9 Å². The quantitative estimate of drug-likeness (QED) is 0.135. The zero-order valence-electron chi connectivity index (χ0n) is 21.1. The number of ether oxygens (including phenoxy) is 1. The molecule has 2 aliphatic heterocycles. The summed E-state index contributed by atoms with van der Waals surface area (Å²) in [5.41, 5.74) is 0.634. The minimum atomic E-state index is -3.61. The topological polar surface area (TPSA) is 81.2 Å². The number of piperazine rings is 1. The van der Waals surface area contributed by atoms with Crippen LogP contribution in [0.5, 0.6) is 5.75 Å². The summed E-state index contributed by atoms with van der Waals surface area (Å²) in [4.78, 5) is 11.8. The van der Waals surface area contributed by atoms with Gasteiger partial charge in [0.15, 0.2) is 0 Å². The molecule has 1 aromatic carbocycles. The first-order chi connectivity index (χ1) is 17.6. The number of likely N-dealkylation sites (N-methyl/N-ethyl adjacent to an activating group) is 1. The minimum absolute atomic E-state index is 0.263. The van der Waals surface area contributed by atoms with Gasteiger partial charge >= 0.3 is 204 Å². The molecular weight excluding hydrogens is 609 g/mol. The number of rotatable bonds is 6. The van der Waals surface area contributed by atoms with Crippen molar-refractivity contribution in [3.05, 3.63) is 64.0 Å². The Bertz CT molecular complexity index is 1370. The average molecular weight is 641 g/mol. The SMILES string of the molecule is CN1CCN(C(c2ccc(-c3ccc(=N)n(C(=N)C(F)(F)c4ccc5c(c4)CCO5)n3)s2)I(C)C)CC1. The molecule has 1 fully saturated rings. The van der Waals surface area contributed by atoms with E-state index >= 15 is 8.78 Å². The van der Waals surface area contributed by atoms with Crippen LogP contribution >= 0.6 is 31.2 Å². The Morgan fingerprint density at radius 2 is 1.86 bits per heavy atom. The van der Waals surface area contributed by atoms with Crippen LogP contribution in [-0.4, -0.2) is 75.1 Å². The molecule has 0 amide bonds. The molecule has 0 spiro atoms. The van der Waals surface area contributed by atoms with Crippen molar-refractivity contribution < 1.29 is 13.5 Å². The van der Waals surface area contributed by atoms with Gasteiger partial charge in [0.2, 0.25) is 0 Å². The van der Waals surface area contributed by atoms with Gasteiger partial charge in [-0.1, -0.05) is 0 Å². The van der Waals surface area contributed by atoms with E-state index in [1.807, 2.05) is 6.07 Å². The fraction of sp³-hybridized carbons (Fsp3) is 0.423. The van der Waals surface area contributed by atoms with Crippen molar-refractivity contribution in [2.75, 3.05) is 49.7 Å². The Hall–Kier alpha value is -2.22. The summed E-state index contributed by atoms with van der Waals surface area (Å²) in [5.74, 6) is -4.05. The van der Waals surface area contributed by atoms with Crippen LogP contribution < -0.4 is 10.2 Å². The van der Waals surface area contributed by atoms with E-state index in [4.69, 9.17) is 15.6 Å². The molecule has 3 aromatic rings. The molecule has 2 aromatic heterocycles. The maximum absolute atomic E-state index is 15.4. The predicted molar refractivity (Wildman–Crippen MR) is 152 cm³/mol. The maximum atomic E-state index is 15.4. The van der Waals surface area contributed by atoms with Gasteiger partial charge in [-0.05, 0) is 0 Å². The van der Waals surface area contributed by atoms with Crippen LogP contribution in [0.2, 0.25) is 0 Å². The van der Waals surface area contributed by atoms with Crippen LogP contribution in [0.1, 0.15) is 20.1 Å². The van der Waals surface area contributed by atoms with Crippen LogP contribution in [-0.2, 0) is 12.3 Å². The number of aromatic nitrogens is 2. The summed E-state index contributed by atoms with van der Waals surface area (Å²) in [6.45, 7) is 4.65. The second kappa shape index (κ2) is 10.5. The number of nitrogens with one attached hydrogen (secondary N) is 2. The molecule has 37 heavy (non-hydrogen) atoms. The Morgan fingerprint density at radius 1 is 1.11 bits per heavy atom. The van der Waals surface area contributed by atoms with E-state index in [0.29, 0.717) is 34.1 Å². The molecule has 1 unspecified atom stereocenters. The summed E-state index contributed by atoms with van der Waals surface area (Å²) in [5, 5.41) is 20.9. The number of thiophene rings is 1. The van der Waals surface area contributed by atoms with Crippen LogP contribution in [0.15, 0.2) is 42.5 Å². The third-order valence-corrected chi connectivity index (χ3v) is 12.2. The fourth-order valence-electron chi connectivity index (χ4n) is 4.72. The van der Waals surface area contributed by atoms with Gasteiger partial charge in [-0.2, -0.15) is 0 Å². The van der Waals surface area contributed by atoms with Gasteiger partial charge in [0.1, 0.15) is 5.75 Å². The van der Waals surface area contributed by atoms with Crippen LogP contribution in [0, 0.1) is 10.8 Å². The Kier molecular flexibility index (Phi) is 7.49. The van der Waals surface area contributed by atoms with Gasteiger partial charge in [-0.25, -0.2) is 0 Å². The molecule has 198 valence electrons. The van der Waals surface area contributed by atoms with Crippen molar-refractivity contribution in [2.24, 2.45) is 0 Å². The second-order valence-corrected chi connectivity index (χ2v) is 16.5. The molecule has 11 heteroatoms. The second-order valence-electron chi connectivity index (χ2n) is 9.55. The monoisotopic (exact) mass is 640 g/mol. The van der Waals surface area contributed by atoms with Crippen LogP contribution in [0.25, 0.3) is 10.6 Å². The average Bonchev–Trinajstić information content (AvgIpc) is 3.54. The number of benzene rings is 1. The van der Waals surface area contributed by atoms with Gasteiger partial charge in [0, 0.05) is 6.42 Å². The summed E-state index contributed by atoms with van der Waals surface area (Å²) < 4.78 is 37.5. The third-order valence-electron chi connectivity index (χ3n) is 6.78. The van der Waals surface area contributed by atoms with E-state index in [-0.39, 0.29) is 11.1 Å². The molecular formula is C26H31F2IN6OS. The van der Waals surface area contributed by atoms with Gasteiger partial charge < -0.3 is 4.74 Å². The van der Waals surface area contributed by atoms with Crippen molar-refractivity contribution in [2.45, 2.75) is 16.4 Å². The van der Waals surface area contributed by atoms with Crippen molar-refractivity contribution in [1.82, 2.24) is 19.6 Å². The molecule has 0 bridgehead atoms. The Balaban J connectivity index is 1.43. The fourth-order valence-corrected chi connectivity index (χ4v) is 10.8. The summed E-state index contributed by atoms with van der Waals surface area (Å²) in [6, 6.07) is 11.4. The number of fused-ring (bicyclic) bond motifs is 1. The van der Waals surface area contributed by atoms with Gasteiger partial charge in [-0.3, -0.25) is 0 Å². The van der Waals surface area contributed by atoms with Crippen molar-refractivity contribution in [3.63, 3.8) is 0 Å². The van der Waals surface area contributed by atoms with E-state index in [9.17, 15) is 0 Å². The van der Waals surface area contributed by atoms with Gasteiger partial charge in [-0.15, -0.1) is 0 Å². The third kappa shape index (κ3) is 5.23. The van der Waals surface area contributed by atoms with Gasteiger partial charge in [0.25, 0.3) is 0 Å². The number of nitrogens with zero attached hydrogens (tertiary/aromatic N) is 4. The first-order valence-electron chi connectivity index (χ1n) is 12.0. The summed E-state index contributed by atoms with van der Waals surface area (Å²) >= 11 is 0.382. The van der Waals surface area contributed by atoms with E-state index in [0.717, 1.165) is 35.7 Å². The summed E-state index contributed by atoms with van der Waals surface area (Å²) in [7, 11) is 2.15. The first kappa shape index (κ1) is 26.4. The molecule has 7 nitrogen and oxygen atoms in total. The molecule has 1 atom stereocenters. The molecule has 2 aliphatic rings. The Labute approximate surface area is 226 Å². The van der Waals surface area contributed by atoms with E-state index in [1.54, 1.807) is 17.4 Å². The van der Waals surface area contributed by atoms with Gasteiger partial charge in [0.05, 0.1) is 6.61 Å². The molecule has 0 aliphatic carbocycles. The van der Waals surface area contributed by atoms with Crippen LogP contribution in [0.3, 0.4) is 0 Å². The standard InChI is InChI=1S/C26H31F2IN6OS/c1-29(2)24(34-13-11-33(3)12-14-34)22-8-7-21(37-22)19-5-9-23(30)35(32-19)25(31)26(27,28)18-4-6-20-17(16-18)10-15-36-20/h4-9,16,24,30-31H,10-15H2,1-3H3. The van der Waals surface area contributed by atoms with E-state index < -0.39 is 31.6 Å². The zero-order valence-corrected chi connectivity index (χ0v) is 24.1. The van der Waals surface area contributed by atoms with Crippen LogP contribution in [0.4, 0.5) is 8.78 Å². The predicted octanol–water partition coefficient (Wildman–Crippen LogP) is 4.66. The molecule has 1 saturated heterocycles. The molecule has 5 rings (SSSR count). The normalized spacial score (nSPS) is 17.8. The molecule has 0 saturated carbocycles. The number of hydrogen-bond donors (Lipinski definition) is 2. The number of alkyl halides is 5. The zero-order chi connectivity index (χ0) is 26.3. The van der Waals surface area contributed by atoms with Crippen molar-refractivity contribution >= 4 is 37.0 Å². The van der Waals surface area contributed by atoms with Crippen molar-refractivity contribution in [1.29, 1.82) is 10.8 Å². The summed E-state index contributed by atoms with van der Waals surface area (Å²) in [6.07, 6.45) is 0.562. The molecule has 4 heterocycles. The molecule has 0 radical (unpaired) electrons. The van der Waals surface area contributed by atoms with Crippen molar-refractivity contribution in [3.8, 4) is 16.3 Å². The Morgan fingerprint density at radius 3 is 2.59 bits per heavy atom.